The Morgan fingerprint density at radius 3 is 2.64 bits per heavy atom. The van der Waals surface area contributed by atoms with E-state index in [1.165, 1.54) is 3.70 Å². The molecule has 0 radical (unpaired) electrons. The Labute approximate surface area is 80.3 Å². The van der Waals surface area contributed by atoms with E-state index < -0.39 is 0 Å². The van der Waals surface area contributed by atoms with E-state index in [-0.39, 0.29) is 0 Å². The van der Waals surface area contributed by atoms with Crippen LogP contribution in [0.5, 0.6) is 0 Å². The summed E-state index contributed by atoms with van der Waals surface area (Å²) < 4.78 is 3.11. The van der Waals surface area contributed by atoms with Gasteiger partial charge in [-0.15, -0.1) is 5.10 Å². The molecule has 0 unspecified atom stereocenters. The Bertz CT molecular complexity index is 232. The Balaban J connectivity index is 2.82. The third kappa shape index (κ3) is 1.91. The molecule has 1 heterocycles. The molecule has 1 aromatic heterocycles. The molecule has 0 N–H and O–H groups in total. The standard InChI is InChI=1S/C7H12IN3/c1-3-5-6-7(8)11(4-2)10-9-6/h3-5H2,1-2H3. The summed E-state index contributed by atoms with van der Waals surface area (Å²) in [6.45, 7) is 5.14. The summed E-state index contributed by atoms with van der Waals surface area (Å²) >= 11 is 2.30. The van der Waals surface area contributed by atoms with Crippen molar-refractivity contribution in [3.05, 3.63) is 9.39 Å². The molecule has 0 amide bonds. The molecule has 4 heteroatoms. The second-order valence-electron chi connectivity index (χ2n) is 2.39. The van der Waals surface area contributed by atoms with Crippen LogP contribution in [0.15, 0.2) is 0 Å². The van der Waals surface area contributed by atoms with Crippen LogP contribution in [0.2, 0.25) is 0 Å². The first-order valence-electron chi connectivity index (χ1n) is 3.87. The maximum Gasteiger partial charge on any atom is 0.122 e. The van der Waals surface area contributed by atoms with E-state index in [4.69, 9.17) is 0 Å². The minimum atomic E-state index is 0.912. The van der Waals surface area contributed by atoms with Gasteiger partial charge in [0.25, 0.3) is 0 Å². The van der Waals surface area contributed by atoms with Gasteiger partial charge in [0.2, 0.25) is 0 Å². The largest absolute Gasteiger partial charge is 0.239 e. The van der Waals surface area contributed by atoms with Crippen LogP contribution >= 0.6 is 22.6 Å². The Kier molecular flexibility index (Phi) is 3.29. The van der Waals surface area contributed by atoms with E-state index in [0.29, 0.717) is 0 Å². The number of aromatic nitrogens is 3. The first kappa shape index (κ1) is 8.96. The van der Waals surface area contributed by atoms with Crippen molar-refractivity contribution in [3.8, 4) is 0 Å². The minimum absolute atomic E-state index is 0.912. The molecule has 0 aliphatic carbocycles. The van der Waals surface area contributed by atoms with Gasteiger partial charge in [0.1, 0.15) is 3.70 Å². The first-order valence-corrected chi connectivity index (χ1v) is 4.95. The zero-order valence-corrected chi connectivity index (χ0v) is 9.00. The fourth-order valence-corrected chi connectivity index (χ4v) is 1.74. The highest BCUT2D eigenvalue weighted by Crippen LogP contribution is 2.10. The highest BCUT2D eigenvalue weighted by molar-refractivity contribution is 14.1. The maximum absolute atomic E-state index is 4.08. The van der Waals surface area contributed by atoms with Crippen LogP contribution in [0.4, 0.5) is 0 Å². The number of aryl methyl sites for hydroxylation is 2. The SMILES string of the molecule is CCCc1nnn(CC)c1I. The second kappa shape index (κ2) is 4.04. The lowest BCUT2D eigenvalue weighted by atomic mass is 10.3. The van der Waals surface area contributed by atoms with Crippen molar-refractivity contribution in [1.82, 2.24) is 15.0 Å². The van der Waals surface area contributed by atoms with Crippen molar-refractivity contribution >= 4 is 22.6 Å². The average molecular weight is 265 g/mol. The molecular formula is C7H12IN3. The third-order valence-corrected chi connectivity index (χ3v) is 2.70. The molecule has 0 saturated carbocycles. The lowest BCUT2D eigenvalue weighted by Crippen LogP contribution is -1.99. The molecule has 0 aliphatic heterocycles. The summed E-state index contributed by atoms with van der Waals surface area (Å²) in [6.07, 6.45) is 2.18. The monoisotopic (exact) mass is 265 g/mol. The molecule has 0 aliphatic rings. The smallest absolute Gasteiger partial charge is 0.122 e. The van der Waals surface area contributed by atoms with Crippen LogP contribution in [0, 0.1) is 3.70 Å². The highest BCUT2D eigenvalue weighted by Gasteiger charge is 2.06. The van der Waals surface area contributed by atoms with Crippen LogP contribution in [0.3, 0.4) is 0 Å². The molecule has 3 nitrogen and oxygen atoms in total. The van der Waals surface area contributed by atoms with Gasteiger partial charge in [-0.2, -0.15) is 0 Å². The van der Waals surface area contributed by atoms with Gasteiger partial charge in [0.05, 0.1) is 5.69 Å². The van der Waals surface area contributed by atoms with Crippen molar-refractivity contribution in [2.75, 3.05) is 0 Å². The van der Waals surface area contributed by atoms with Gasteiger partial charge in [-0.1, -0.05) is 18.6 Å². The Morgan fingerprint density at radius 2 is 2.18 bits per heavy atom. The Morgan fingerprint density at radius 1 is 1.45 bits per heavy atom. The summed E-state index contributed by atoms with van der Waals surface area (Å²) in [4.78, 5) is 0. The predicted octanol–water partition coefficient (Wildman–Crippen LogP) is 1.86. The Hall–Kier alpha value is -0.130. The summed E-state index contributed by atoms with van der Waals surface area (Å²) in [5.41, 5.74) is 1.13. The number of halogens is 1. The second-order valence-corrected chi connectivity index (χ2v) is 3.41. The van der Waals surface area contributed by atoms with Crippen molar-refractivity contribution in [3.63, 3.8) is 0 Å². The van der Waals surface area contributed by atoms with Crippen LogP contribution in [0.25, 0.3) is 0 Å². The minimum Gasteiger partial charge on any atom is -0.239 e. The molecule has 1 aromatic rings. The molecule has 11 heavy (non-hydrogen) atoms. The van der Waals surface area contributed by atoms with Crippen molar-refractivity contribution in [1.29, 1.82) is 0 Å². The van der Waals surface area contributed by atoms with Crippen LogP contribution in [-0.4, -0.2) is 15.0 Å². The predicted molar refractivity (Wildman–Crippen MR) is 52.4 cm³/mol. The maximum atomic E-state index is 4.08. The molecule has 0 spiro atoms. The molecule has 0 saturated heterocycles. The van der Waals surface area contributed by atoms with Gasteiger partial charge in [-0.25, -0.2) is 4.68 Å². The molecule has 0 bridgehead atoms. The van der Waals surface area contributed by atoms with Crippen LogP contribution in [-0.2, 0) is 13.0 Å². The van der Waals surface area contributed by atoms with Gasteiger partial charge >= 0.3 is 0 Å². The van der Waals surface area contributed by atoms with E-state index in [1.54, 1.807) is 0 Å². The molecule has 1 rings (SSSR count). The van der Waals surface area contributed by atoms with E-state index in [0.717, 1.165) is 25.1 Å². The average Bonchev–Trinajstić information content (AvgIpc) is 2.34. The number of nitrogens with zero attached hydrogens (tertiary/aromatic N) is 3. The number of rotatable bonds is 3. The van der Waals surface area contributed by atoms with E-state index in [2.05, 4.69) is 46.8 Å². The van der Waals surface area contributed by atoms with Gasteiger partial charge < -0.3 is 0 Å². The zero-order chi connectivity index (χ0) is 8.27. The van der Waals surface area contributed by atoms with E-state index >= 15 is 0 Å². The molecule has 0 fully saturated rings. The fourth-order valence-electron chi connectivity index (χ4n) is 0.929. The van der Waals surface area contributed by atoms with Crippen molar-refractivity contribution < 1.29 is 0 Å². The van der Waals surface area contributed by atoms with E-state index in [1.807, 2.05) is 4.68 Å². The van der Waals surface area contributed by atoms with E-state index in [9.17, 15) is 0 Å². The van der Waals surface area contributed by atoms with Gasteiger partial charge in [0, 0.05) is 6.54 Å². The van der Waals surface area contributed by atoms with Gasteiger partial charge in [-0.05, 0) is 35.9 Å². The topological polar surface area (TPSA) is 30.7 Å². The van der Waals surface area contributed by atoms with Gasteiger partial charge in [0.15, 0.2) is 0 Å². The number of hydrogen-bond acceptors (Lipinski definition) is 2. The highest BCUT2D eigenvalue weighted by atomic mass is 127. The number of hydrogen-bond donors (Lipinski definition) is 0. The lowest BCUT2D eigenvalue weighted by Gasteiger charge is -1.95. The van der Waals surface area contributed by atoms with Crippen LogP contribution in [0.1, 0.15) is 26.0 Å². The molecule has 0 atom stereocenters. The van der Waals surface area contributed by atoms with Crippen molar-refractivity contribution in [2.45, 2.75) is 33.2 Å². The molecule has 0 aromatic carbocycles. The fraction of sp³-hybridized carbons (Fsp3) is 0.714. The van der Waals surface area contributed by atoms with Crippen LogP contribution < -0.4 is 0 Å². The summed E-state index contributed by atoms with van der Waals surface area (Å²) in [5.74, 6) is 0. The van der Waals surface area contributed by atoms with Gasteiger partial charge in [-0.3, -0.25) is 0 Å². The normalized spacial score (nSPS) is 10.5. The quantitative estimate of drug-likeness (QED) is 0.781. The summed E-state index contributed by atoms with van der Waals surface area (Å²) in [7, 11) is 0. The molecular weight excluding hydrogens is 253 g/mol. The third-order valence-electron chi connectivity index (χ3n) is 1.52. The van der Waals surface area contributed by atoms with Crippen molar-refractivity contribution in [2.24, 2.45) is 0 Å². The summed E-state index contributed by atoms with van der Waals surface area (Å²) in [6, 6.07) is 0. The summed E-state index contributed by atoms with van der Waals surface area (Å²) in [5, 5.41) is 8.09. The lowest BCUT2D eigenvalue weighted by molar-refractivity contribution is 0.614. The molecule has 62 valence electrons. The zero-order valence-electron chi connectivity index (χ0n) is 6.84. The first-order chi connectivity index (χ1) is 5.29.